The fourth-order valence-electron chi connectivity index (χ4n) is 4.59. The number of rotatable bonds is 9. The van der Waals surface area contributed by atoms with E-state index >= 15 is 0 Å². The minimum Gasteiger partial charge on any atom is -0.324 e. The van der Waals surface area contributed by atoms with E-state index in [4.69, 9.17) is 4.98 Å². The van der Waals surface area contributed by atoms with Gasteiger partial charge in [0, 0.05) is 17.9 Å². The minimum atomic E-state index is -0.270. The van der Waals surface area contributed by atoms with Gasteiger partial charge in [-0.3, -0.25) is 9.59 Å². The van der Waals surface area contributed by atoms with E-state index in [0.29, 0.717) is 35.1 Å². The summed E-state index contributed by atoms with van der Waals surface area (Å²) in [5.41, 5.74) is 2.30. The molecule has 0 aliphatic carbocycles. The molecule has 1 aliphatic heterocycles. The molecule has 3 heterocycles. The lowest BCUT2D eigenvalue weighted by atomic mass is 9.89. The number of nitrogens with zero attached hydrogens (tertiary/aromatic N) is 7. The number of allylic oxidation sites excluding steroid dienone is 3. The SMILES string of the molecule is C=CCn1c(=O)c2cnc(Nc3ccc(C4CCN(C)CC4)cc3)nc2n1C(/C=C\C)=N/N(C=O)C(C)C. The molecule has 4 rings (SSSR count). The molecule has 0 saturated carbocycles. The molecule has 1 aromatic carbocycles. The molecule has 0 spiro atoms. The van der Waals surface area contributed by atoms with Crippen LogP contribution >= 0.6 is 0 Å². The van der Waals surface area contributed by atoms with E-state index in [2.05, 4.69) is 46.1 Å². The van der Waals surface area contributed by atoms with Gasteiger partial charge >= 0.3 is 0 Å². The minimum absolute atomic E-state index is 0.168. The molecule has 1 fully saturated rings. The number of aromatic nitrogens is 4. The molecule has 0 bridgehead atoms. The zero-order valence-corrected chi connectivity index (χ0v) is 22.5. The average Bonchev–Trinajstić information content (AvgIpc) is 3.18. The third-order valence-corrected chi connectivity index (χ3v) is 6.72. The van der Waals surface area contributed by atoms with Gasteiger partial charge in [-0.05, 0) is 83.4 Å². The number of likely N-dealkylation sites (tertiary alicyclic amines) is 1. The van der Waals surface area contributed by atoms with Crippen molar-refractivity contribution in [2.75, 3.05) is 25.5 Å². The quantitative estimate of drug-likeness (QED) is 0.152. The van der Waals surface area contributed by atoms with Crippen LogP contribution in [0.25, 0.3) is 11.0 Å². The highest BCUT2D eigenvalue weighted by Crippen LogP contribution is 2.28. The number of hydrogen-bond donors (Lipinski definition) is 1. The predicted molar refractivity (Wildman–Crippen MR) is 152 cm³/mol. The fourth-order valence-corrected chi connectivity index (χ4v) is 4.59. The molecule has 0 radical (unpaired) electrons. The van der Waals surface area contributed by atoms with Crippen molar-refractivity contribution in [2.24, 2.45) is 5.10 Å². The first-order chi connectivity index (χ1) is 18.4. The van der Waals surface area contributed by atoms with Crippen LogP contribution in [-0.4, -0.2) is 67.7 Å². The van der Waals surface area contributed by atoms with Gasteiger partial charge in [-0.25, -0.2) is 19.4 Å². The molecule has 1 aliphatic rings. The number of hydrogen-bond acceptors (Lipinski definition) is 7. The zero-order chi connectivity index (χ0) is 27.2. The van der Waals surface area contributed by atoms with Gasteiger partial charge in [0.1, 0.15) is 5.39 Å². The summed E-state index contributed by atoms with van der Waals surface area (Å²) in [4.78, 5) is 36.4. The van der Waals surface area contributed by atoms with Gasteiger partial charge in [0.05, 0.1) is 6.54 Å². The van der Waals surface area contributed by atoms with Crippen LogP contribution in [0.3, 0.4) is 0 Å². The Morgan fingerprint density at radius 1 is 1.26 bits per heavy atom. The normalized spacial score (nSPS) is 15.4. The van der Waals surface area contributed by atoms with E-state index in [1.54, 1.807) is 22.9 Å². The largest absolute Gasteiger partial charge is 0.324 e. The summed E-state index contributed by atoms with van der Waals surface area (Å²) in [7, 11) is 2.17. The Morgan fingerprint density at radius 3 is 2.58 bits per heavy atom. The number of anilines is 2. The fraction of sp³-hybridized carbons (Fsp3) is 0.393. The van der Waals surface area contributed by atoms with Crippen LogP contribution in [0.5, 0.6) is 0 Å². The van der Waals surface area contributed by atoms with Crippen molar-refractivity contribution in [3.8, 4) is 0 Å². The molecule has 0 atom stereocenters. The van der Waals surface area contributed by atoms with Crippen molar-refractivity contribution < 1.29 is 4.79 Å². The van der Waals surface area contributed by atoms with Gasteiger partial charge in [0.25, 0.3) is 5.56 Å². The molecule has 10 heteroatoms. The number of hydrazone groups is 1. The molecule has 1 N–H and O–H groups in total. The molecule has 0 unspecified atom stereocenters. The number of nitrogens with one attached hydrogen (secondary N) is 1. The number of amides is 1. The first-order valence-corrected chi connectivity index (χ1v) is 13.0. The number of fused-ring (bicyclic) bond motifs is 1. The monoisotopic (exact) mass is 516 g/mol. The van der Waals surface area contributed by atoms with Crippen LogP contribution in [-0.2, 0) is 11.3 Å². The van der Waals surface area contributed by atoms with Gasteiger partial charge in [0.2, 0.25) is 12.4 Å². The molecule has 1 saturated heterocycles. The lowest BCUT2D eigenvalue weighted by molar-refractivity contribution is -0.119. The van der Waals surface area contributed by atoms with Gasteiger partial charge in [-0.15, -0.1) is 6.58 Å². The highest BCUT2D eigenvalue weighted by atomic mass is 16.1. The molecule has 200 valence electrons. The standard InChI is InChI=1S/C28H36N8O2/c1-6-8-25(32-34(19-37)20(3)4)36-26-24(27(38)35(36)15-7-2)18-29-28(31-26)30-23-11-9-21(10-12-23)22-13-16-33(5)17-14-22/h6-12,18-20,22H,2,13-17H2,1,3-5H3,(H,29,30,31)/b8-6-,32-25+. The molecule has 38 heavy (non-hydrogen) atoms. The average molecular weight is 517 g/mol. The molecule has 3 aromatic rings. The highest BCUT2D eigenvalue weighted by Gasteiger charge is 2.20. The second-order valence-electron chi connectivity index (χ2n) is 9.78. The summed E-state index contributed by atoms with van der Waals surface area (Å²) >= 11 is 0. The molecule has 2 aromatic heterocycles. The summed E-state index contributed by atoms with van der Waals surface area (Å²) in [6, 6.07) is 8.22. The second kappa shape index (κ2) is 12.0. The van der Waals surface area contributed by atoms with Crippen LogP contribution < -0.4 is 10.9 Å². The van der Waals surface area contributed by atoms with Crippen molar-refractivity contribution in [1.29, 1.82) is 0 Å². The summed E-state index contributed by atoms with van der Waals surface area (Å²) in [6.45, 7) is 11.8. The molecular formula is C28H36N8O2. The van der Waals surface area contributed by atoms with Crippen molar-refractivity contribution in [3.05, 3.63) is 71.2 Å². The third-order valence-electron chi connectivity index (χ3n) is 6.72. The van der Waals surface area contributed by atoms with Gasteiger partial charge < -0.3 is 10.2 Å². The Morgan fingerprint density at radius 2 is 1.97 bits per heavy atom. The Bertz CT molecular complexity index is 1390. The Balaban J connectivity index is 1.72. The summed E-state index contributed by atoms with van der Waals surface area (Å²) < 4.78 is 3.09. The predicted octanol–water partition coefficient (Wildman–Crippen LogP) is 3.94. The van der Waals surface area contributed by atoms with Crippen LogP contribution in [0, 0.1) is 0 Å². The van der Waals surface area contributed by atoms with Crippen LogP contribution in [0.4, 0.5) is 11.6 Å². The summed E-state index contributed by atoms with van der Waals surface area (Å²) in [6.07, 6.45) is 9.66. The third kappa shape index (κ3) is 5.75. The van der Waals surface area contributed by atoms with Gasteiger partial charge in [-0.1, -0.05) is 24.3 Å². The van der Waals surface area contributed by atoms with Crippen LogP contribution in [0.1, 0.15) is 45.1 Å². The van der Waals surface area contributed by atoms with E-state index in [9.17, 15) is 9.59 Å². The summed E-state index contributed by atoms with van der Waals surface area (Å²) in [5, 5.41) is 9.42. The molecule has 10 nitrogen and oxygen atoms in total. The van der Waals surface area contributed by atoms with E-state index in [-0.39, 0.29) is 18.1 Å². The lowest BCUT2D eigenvalue weighted by Gasteiger charge is -2.29. The second-order valence-corrected chi connectivity index (χ2v) is 9.78. The molecular weight excluding hydrogens is 480 g/mol. The van der Waals surface area contributed by atoms with Crippen molar-refractivity contribution in [1.82, 2.24) is 29.2 Å². The zero-order valence-electron chi connectivity index (χ0n) is 22.5. The van der Waals surface area contributed by atoms with E-state index in [1.165, 1.54) is 21.5 Å². The van der Waals surface area contributed by atoms with Gasteiger partial charge in [-0.2, -0.15) is 10.1 Å². The number of piperidine rings is 1. The first kappa shape index (κ1) is 27.0. The number of carbonyl (C=O) groups excluding carboxylic acids is 1. The van der Waals surface area contributed by atoms with E-state index in [0.717, 1.165) is 31.6 Å². The lowest BCUT2D eigenvalue weighted by Crippen LogP contribution is -2.31. The Kier molecular flexibility index (Phi) is 8.52. The maximum Gasteiger partial charge on any atom is 0.278 e. The van der Waals surface area contributed by atoms with Gasteiger partial charge in [0.15, 0.2) is 11.5 Å². The molecule has 1 amide bonds. The summed E-state index contributed by atoms with van der Waals surface area (Å²) in [5.74, 6) is 1.30. The van der Waals surface area contributed by atoms with Crippen molar-refractivity contribution in [3.63, 3.8) is 0 Å². The number of benzene rings is 1. The van der Waals surface area contributed by atoms with E-state index in [1.807, 2.05) is 32.9 Å². The van der Waals surface area contributed by atoms with E-state index < -0.39 is 0 Å². The highest BCUT2D eigenvalue weighted by molar-refractivity contribution is 5.99. The Labute approximate surface area is 223 Å². The first-order valence-electron chi connectivity index (χ1n) is 13.0. The van der Waals surface area contributed by atoms with Crippen molar-refractivity contribution in [2.45, 2.75) is 52.1 Å². The van der Waals surface area contributed by atoms with Crippen LogP contribution in [0.15, 0.2) is 65.2 Å². The Hall–Kier alpha value is -4.05. The number of carbonyl (C=O) groups is 1. The maximum atomic E-state index is 13.2. The smallest absolute Gasteiger partial charge is 0.278 e. The van der Waals surface area contributed by atoms with Crippen LogP contribution in [0.2, 0.25) is 0 Å². The maximum absolute atomic E-state index is 13.2. The topological polar surface area (TPSA) is 101 Å². The van der Waals surface area contributed by atoms with Crippen molar-refractivity contribution >= 4 is 34.9 Å².